The van der Waals surface area contributed by atoms with Crippen LogP contribution in [0.5, 0.6) is 0 Å². The Morgan fingerprint density at radius 2 is 1.93 bits per heavy atom. The fourth-order valence-corrected chi connectivity index (χ4v) is 3.33. The van der Waals surface area contributed by atoms with Crippen molar-refractivity contribution in [1.82, 2.24) is 5.32 Å². The second-order valence-electron chi connectivity index (χ2n) is 4.83. The van der Waals surface area contributed by atoms with Gasteiger partial charge in [0.1, 0.15) is 0 Å². The molecule has 0 aliphatic heterocycles. The van der Waals surface area contributed by atoms with Crippen LogP contribution >= 0.6 is 15.9 Å². The van der Waals surface area contributed by atoms with Gasteiger partial charge in [-0.25, -0.2) is 0 Å². The fourth-order valence-electron chi connectivity index (χ4n) is 2.94. The zero-order valence-electron chi connectivity index (χ0n) is 9.18. The maximum absolute atomic E-state index is 11.7. The van der Waals surface area contributed by atoms with Gasteiger partial charge in [0, 0.05) is 17.8 Å². The number of hydrogen-bond donors (Lipinski definition) is 1. The number of hydrogen-bond acceptors (Lipinski definition) is 1. The van der Waals surface area contributed by atoms with E-state index in [1.54, 1.807) is 0 Å². The number of fused-ring (bicyclic) bond motifs is 1. The van der Waals surface area contributed by atoms with Crippen LogP contribution in [-0.4, -0.2) is 17.8 Å². The Balaban J connectivity index is 1.54. The first-order valence-corrected chi connectivity index (χ1v) is 7.30. The van der Waals surface area contributed by atoms with E-state index in [0.29, 0.717) is 11.8 Å². The predicted molar refractivity (Wildman–Crippen MR) is 65.0 cm³/mol. The summed E-state index contributed by atoms with van der Waals surface area (Å²) in [7, 11) is 0. The van der Waals surface area contributed by atoms with Gasteiger partial charge in [-0.15, -0.1) is 0 Å². The minimum atomic E-state index is 0.337. The van der Waals surface area contributed by atoms with Gasteiger partial charge >= 0.3 is 0 Å². The number of halogens is 1. The third-order valence-electron chi connectivity index (χ3n) is 3.82. The lowest BCUT2D eigenvalue weighted by atomic mass is 10.1. The van der Waals surface area contributed by atoms with Crippen LogP contribution in [0.4, 0.5) is 0 Å². The van der Waals surface area contributed by atoms with E-state index in [4.69, 9.17) is 0 Å². The lowest BCUT2D eigenvalue weighted by Crippen LogP contribution is -2.27. The average Bonchev–Trinajstić information content (AvgIpc) is 2.72. The number of amides is 1. The number of rotatable bonds is 6. The van der Waals surface area contributed by atoms with Gasteiger partial charge in [0.2, 0.25) is 5.91 Å². The molecule has 3 heteroatoms. The second kappa shape index (κ2) is 5.33. The van der Waals surface area contributed by atoms with E-state index in [9.17, 15) is 4.79 Å². The number of unbranched alkanes of at least 4 members (excludes halogenated alkanes) is 2. The van der Waals surface area contributed by atoms with E-state index >= 15 is 0 Å². The van der Waals surface area contributed by atoms with E-state index in [1.807, 2.05) is 0 Å². The van der Waals surface area contributed by atoms with Gasteiger partial charge in [0.25, 0.3) is 0 Å². The van der Waals surface area contributed by atoms with Crippen molar-refractivity contribution in [1.29, 1.82) is 0 Å². The molecule has 0 heterocycles. The summed E-state index contributed by atoms with van der Waals surface area (Å²) in [6.07, 6.45) is 7.50. The van der Waals surface area contributed by atoms with Gasteiger partial charge < -0.3 is 5.32 Å². The highest BCUT2D eigenvalue weighted by atomic mass is 79.9. The first kappa shape index (κ1) is 11.4. The van der Waals surface area contributed by atoms with Crippen molar-refractivity contribution in [3.8, 4) is 0 Å². The molecule has 2 nitrogen and oxygen atoms in total. The van der Waals surface area contributed by atoms with Gasteiger partial charge in [-0.2, -0.15) is 0 Å². The molecule has 0 aromatic heterocycles. The molecule has 0 bridgehead atoms. The smallest absolute Gasteiger partial charge is 0.223 e. The lowest BCUT2D eigenvalue weighted by molar-refractivity contribution is -0.123. The Hall–Kier alpha value is -0.0500. The first-order valence-electron chi connectivity index (χ1n) is 6.18. The lowest BCUT2D eigenvalue weighted by Gasteiger charge is -2.05. The molecule has 0 saturated heterocycles. The van der Waals surface area contributed by atoms with Crippen LogP contribution < -0.4 is 5.32 Å². The van der Waals surface area contributed by atoms with Crippen LogP contribution in [0.2, 0.25) is 0 Å². The number of alkyl halides is 1. The Morgan fingerprint density at radius 3 is 2.60 bits per heavy atom. The SMILES string of the molecule is O=C(NCCCCCBr)C1C2CCCC21. The van der Waals surface area contributed by atoms with E-state index in [2.05, 4.69) is 21.2 Å². The van der Waals surface area contributed by atoms with Crippen molar-refractivity contribution in [2.75, 3.05) is 11.9 Å². The quantitative estimate of drug-likeness (QED) is 0.585. The second-order valence-corrected chi connectivity index (χ2v) is 5.62. The van der Waals surface area contributed by atoms with Gasteiger partial charge in [-0.05, 0) is 37.5 Å². The molecule has 1 amide bonds. The zero-order chi connectivity index (χ0) is 10.7. The Morgan fingerprint density at radius 1 is 1.20 bits per heavy atom. The highest BCUT2D eigenvalue weighted by Gasteiger charge is 2.56. The topological polar surface area (TPSA) is 29.1 Å². The molecule has 86 valence electrons. The average molecular weight is 274 g/mol. The molecular formula is C12H20BrNO. The van der Waals surface area contributed by atoms with Gasteiger partial charge in [0.15, 0.2) is 0 Å². The summed E-state index contributed by atoms with van der Waals surface area (Å²) in [4.78, 5) is 11.7. The zero-order valence-corrected chi connectivity index (χ0v) is 10.8. The molecule has 0 spiro atoms. The maximum atomic E-state index is 11.7. The molecule has 2 fully saturated rings. The molecule has 2 aliphatic carbocycles. The number of nitrogens with one attached hydrogen (secondary N) is 1. The monoisotopic (exact) mass is 273 g/mol. The van der Waals surface area contributed by atoms with Gasteiger partial charge in [-0.3, -0.25) is 4.79 Å². The van der Waals surface area contributed by atoms with Crippen molar-refractivity contribution in [3.05, 3.63) is 0 Å². The summed E-state index contributed by atoms with van der Waals surface area (Å²) in [5.41, 5.74) is 0. The fraction of sp³-hybridized carbons (Fsp3) is 0.917. The minimum absolute atomic E-state index is 0.337. The van der Waals surface area contributed by atoms with Crippen LogP contribution in [-0.2, 0) is 4.79 Å². The Labute approximate surface area is 100 Å². The molecule has 2 saturated carbocycles. The third kappa shape index (κ3) is 2.74. The van der Waals surface area contributed by atoms with E-state index < -0.39 is 0 Å². The van der Waals surface area contributed by atoms with E-state index in [-0.39, 0.29) is 0 Å². The molecule has 2 unspecified atom stereocenters. The summed E-state index contributed by atoms with van der Waals surface area (Å²) < 4.78 is 0. The number of carbonyl (C=O) groups is 1. The highest BCUT2D eigenvalue weighted by molar-refractivity contribution is 9.09. The molecule has 15 heavy (non-hydrogen) atoms. The van der Waals surface area contributed by atoms with Crippen molar-refractivity contribution < 1.29 is 4.79 Å². The minimum Gasteiger partial charge on any atom is -0.356 e. The molecule has 2 aliphatic rings. The van der Waals surface area contributed by atoms with Crippen molar-refractivity contribution in [2.45, 2.75) is 38.5 Å². The predicted octanol–water partition coefficient (Wildman–Crippen LogP) is 2.71. The molecule has 0 aromatic rings. The van der Waals surface area contributed by atoms with Crippen LogP contribution in [0.25, 0.3) is 0 Å². The molecule has 2 atom stereocenters. The molecular weight excluding hydrogens is 254 g/mol. The summed E-state index contributed by atoms with van der Waals surface area (Å²) in [5.74, 6) is 2.25. The third-order valence-corrected chi connectivity index (χ3v) is 4.38. The van der Waals surface area contributed by atoms with E-state index in [0.717, 1.165) is 30.1 Å². The van der Waals surface area contributed by atoms with Crippen molar-refractivity contribution in [2.24, 2.45) is 17.8 Å². The standard InChI is InChI=1S/C12H20BrNO/c13-7-2-1-3-8-14-12(15)11-9-5-4-6-10(9)11/h9-11H,1-8H2,(H,14,15). The van der Waals surface area contributed by atoms with Gasteiger partial charge in [-0.1, -0.05) is 28.8 Å². The largest absolute Gasteiger partial charge is 0.356 e. The molecule has 0 aromatic carbocycles. The summed E-state index contributed by atoms with van der Waals surface area (Å²) in [6.45, 7) is 0.877. The first-order chi connectivity index (χ1) is 7.34. The molecule has 0 radical (unpaired) electrons. The summed E-state index contributed by atoms with van der Waals surface area (Å²) in [6, 6.07) is 0. The Kier molecular flexibility index (Phi) is 4.06. The van der Waals surface area contributed by atoms with Crippen LogP contribution in [0.15, 0.2) is 0 Å². The van der Waals surface area contributed by atoms with Crippen LogP contribution in [0.3, 0.4) is 0 Å². The normalized spacial score (nSPS) is 32.5. The highest BCUT2D eigenvalue weighted by Crippen LogP contribution is 2.57. The van der Waals surface area contributed by atoms with Gasteiger partial charge in [0.05, 0.1) is 0 Å². The Bertz CT molecular complexity index is 222. The van der Waals surface area contributed by atoms with Crippen molar-refractivity contribution in [3.63, 3.8) is 0 Å². The maximum Gasteiger partial charge on any atom is 0.223 e. The molecule has 2 rings (SSSR count). The van der Waals surface area contributed by atoms with Crippen LogP contribution in [0, 0.1) is 17.8 Å². The summed E-state index contributed by atoms with van der Waals surface area (Å²) in [5, 5.41) is 4.15. The summed E-state index contributed by atoms with van der Waals surface area (Å²) >= 11 is 3.41. The number of carbonyl (C=O) groups excluding carboxylic acids is 1. The van der Waals surface area contributed by atoms with E-state index in [1.165, 1.54) is 32.1 Å². The van der Waals surface area contributed by atoms with Crippen LogP contribution in [0.1, 0.15) is 38.5 Å². The molecule has 1 N–H and O–H groups in total. The van der Waals surface area contributed by atoms with Crippen molar-refractivity contribution >= 4 is 21.8 Å².